The molecule has 0 spiro atoms. The van der Waals surface area contributed by atoms with Gasteiger partial charge in [-0.1, -0.05) is 55.0 Å². The van der Waals surface area contributed by atoms with Gasteiger partial charge in [0, 0.05) is 25.2 Å². The van der Waals surface area contributed by atoms with Crippen molar-refractivity contribution < 1.29 is 19.1 Å². The molecular formula is C29H35N5O4. The maximum atomic E-state index is 13.7. The molecule has 9 heteroatoms. The smallest absolute Gasteiger partial charge is 0.273 e. The van der Waals surface area contributed by atoms with Crippen LogP contribution in [0.3, 0.4) is 0 Å². The van der Waals surface area contributed by atoms with Crippen LogP contribution in [0.4, 0.5) is 0 Å². The Kier molecular flexibility index (Phi) is 8.14. The molecule has 2 heterocycles. The Morgan fingerprint density at radius 3 is 2.50 bits per heavy atom. The number of carbonyl (C=O) groups is 3. The minimum Gasteiger partial charge on any atom is -0.494 e. The summed E-state index contributed by atoms with van der Waals surface area (Å²) in [6.45, 7) is 9.30. The second kappa shape index (κ2) is 11.5. The second-order valence-electron chi connectivity index (χ2n) is 9.69. The molecule has 0 aliphatic carbocycles. The van der Waals surface area contributed by atoms with E-state index >= 15 is 0 Å². The molecular weight excluding hydrogens is 482 g/mol. The Balaban J connectivity index is 1.53. The van der Waals surface area contributed by atoms with Gasteiger partial charge in [0.15, 0.2) is 5.69 Å². The van der Waals surface area contributed by atoms with Crippen molar-refractivity contribution in [2.24, 2.45) is 0 Å². The van der Waals surface area contributed by atoms with Gasteiger partial charge >= 0.3 is 0 Å². The number of fused-ring (bicyclic) bond motifs is 1. The van der Waals surface area contributed by atoms with Gasteiger partial charge in [-0.15, -0.1) is 0 Å². The monoisotopic (exact) mass is 517 g/mol. The first kappa shape index (κ1) is 26.9. The summed E-state index contributed by atoms with van der Waals surface area (Å²) in [4.78, 5) is 46.2. The van der Waals surface area contributed by atoms with Crippen LogP contribution >= 0.6 is 0 Å². The molecule has 1 aliphatic heterocycles. The molecule has 200 valence electrons. The number of aromatic nitrogens is 2. The predicted molar refractivity (Wildman–Crippen MR) is 144 cm³/mol. The van der Waals surface area contributed by atoms with Gasteiger partial charge in [-0.3, -0.25) is 14.4 Å². The van der Waals surface area contributed by atoms with E-state index in [4.69, 9.17) is 4.74 Å². The highest BCUT2D eigenvalue weighted by Gasteiger charge is 2.48. The average Bonchev–Trinajstić information content (AvgIpc) is 3.33. The second-order valence-corrected chi connectivity index (χ2v) is 9.69. The number of imidazole rings is 1. The molecule has 2 N–H and O–H groups in total. The van der Waals surface area contributed by atoms with Crippen LogP contribution in [0.25, 0.3) is 0 Å². The summed E-state index contributed by atoms with van der Waals surface area (Å²) in [5.41, 5.74) is 2.06. The van der Waals surface area contributed by atoms with E-state index in [9.17, 15) is 14.4 Å². The van der Waals surface area contributed by atoms with Gasteiger partial charge in [0.25, 0.3) is 11.8 Å². The zero-order chi connectivity index (χ0) is 27.3. The highest BCUT2D eigenvalue weighted by Crippen LogP contribution is 2.29. The standard InChI is InChI=1S/C29H35N5O4/c1-5-15-34-27(36)25-24(26(35)30-17-22-9-7-8-10-23(22)38-6-2)32-19-33(25)18-29(34,4)28(37)31-16-21-13-11-20(3)12-14-21/h7-14,19H,5-6,15-18H2,1-4H3,(H,30,35)(H,31,37)/t29-/m0/s1. The Labute approximate surface area is 223 Å². The zero-order valence-corrected chi connectivity index (χ0v) is 22.4. The largest absolute Gasteiger partial charge is 0.494 e. The average molecular weight is 518 g/mol. The van der Waals surface area contributed by atoms with E-state index in [0.717, 1.165) is 16.7 Å². The van der Waals surface area contributed by atoms with Gasteiger partial charge in [-0.2, -0.15) is 0 Å². The van der Waals surface area contributed by atoms with Crippen molar-refractivity contribution in [3.05, 3.63) is 82.9 Å². The van der Waals surface area contributed by atoms with Crippen LogP contribution in [0.5, 0.6) is 5.75 Å². The lowest BCUT2D eigenvalue weighted by molar-refractivity contribution is -0.133. The van der Waals surface area contributed by atoms with Crippen LogP contribution in [0.15, 0.2) is 54.9 Å². The van der Waals surface area contributed by atoms with E-state index in [1.165, 1.54) is 6.33 Å². The maximum absolute atomic E-state index is 13.7. The Morgan fingerprint density at radius 2 is 1.79 bits per heavy atom. The molecule has 0 bridgehead atoms. The number of hydrogen-bond donors (Lipinski definition) is 2. The fourth-order valence-electron chi connectivity index (χ4n) is 4.71. The summed E-state index contributed by atoms with van der Waals surface area (Å²) in [5, 5.41) is 5.85. The first-order valence-electron chi connectivity index (χ1n) is 13.0. The molecule has 1 aliphatic rings. The third-order valence-electron chi connectivity index (χ3n) is 6.80. The van der Waals surface area contributed by atoms with Crippen molar-refractivity contribution in [2.45, 2.75) is 59.3 Å². The van der Waals surface area contributed by atoms with E-state index in [0.29, 0.717) is 31.9 Å². The van der Waals surface area contributed by atoms with Gasteiger partial charge in [-0.05, 0) is 38.8 Å². The molecule has 9 nitrogen and oxygen atoms in total. The SMILES string of the molecule is CCCN1C(=O)c2c(C(=O)NCc3ccccc3OCC)ncn2C[C@@]1(C)C(=O)NCc1ccc(C)cc1. The summed E-state index contributed by atoms with van der Waals surface area (Å²) in [6.07, 6.45) is 2.13. The van der Waals surface area contributed by atoms with Crippen LogP contribution in [-0.2, 0) is 24.4 Å². The van der Waals surface area contributed by atoms with Crippen LogP contribution in [0.1, 0.15) is 64.9 Å². The lowest BCUT2D eigenvalue weighted by Gasteiger charge is -2.43. The first-order chi connectivity index (χ1) is 18.3. The molecule has 0 radical (unpaired) electrons. The number of para-hydroxylation sites is 1. The summed E-state index contributed by atoms with van der Waals surface area (Å²) < 4.78 is 7.25. The van der Waals surface area contributed by atoms with Crippen LogP contribution in [0.2, 0.25) is 0 Å². The fraction of sp³-hybridized carbons (Fsp3) is 0.379. The molecule has 2 aromatic carbocycles. The Bertz CT molecular complexity index is 1320. The normalized spacial score (nSPS) is 16.6. The molecule has 3 amide bonds. The molecule has 38 heavy (non-hydrogen) atoms. The Morgan fingerprint density at radius 1 is 1.05 bits per heavy atom. The number of carbonyl (C=O) groups excluding carboxylic acids is 3. The molecule has 0 unspecified atom stereocenters. The van der Waals surface area contributed by atoms with Crippen molar-refractivity contribution in [1.29, 1.82) is 0 Å². The number of benzene rings is 2. The summed E-state index contributed by atoms with van der Waals surface area (Å²) >= 11 is 0. The highest BCUT2D eigenvalue weighted by molar-refractivity contribution is 6.07. The van der Waals surface area contributed by atoms with Crippen molar-refractivity contribution in [2.75, 3.05) is 13.2 Å². The maximum Gasteiger partial charge on any atom is 0.273 e. The van der Waals surface area contributed by atoms with Crippen molar-refractivity contribution in [3.8, 4) is 5.75 Å². The van der Waals surface area contributed by atoms with E-state index < -0.39 is 11.4 Å². The zero-order valence-electron chi connectivity index (χ0n) is 22.4. The molecule has 3 aromatic rings. The number of amides is 3. The lowest BCUT2D eigenvalue weighted by Crippen LogP contribution is -2.64. The van der Waals surface area contributed by atoms with Crippen LogP contribution in [-0.4, -0.2) is 50.9 Å². The van der Waals surface area contributed by atoms with E-state index in [1.807, 2.05) is 69.3 Å². The number of rotatable bonds is 10. The van der Waals surface area contributed by atoms with Gasteiger partial charge in [0.1, 0.15) is 17.0 Å². The molecule has 0 saturated heterocycles. The quantitative estimate of drug-likeness (QED) is 0.429. The number of aryl methyl sites for hydroxylation is 1. The number of nitrogens with one attached hydrogen (secondary N) is 2. The predicted octanol–water partition coefficient (Wildman–Crippen LogP) is 3.46. The third kappa shape index (κ3) is 5.41. The molecule has 4 rings (SSSR count). The highest BCUT2D eigenvalue weighted by atomic mass is 16.5. The van der Waals surface area contributed by atoms with Crippen molar-refractivity contribution >= 4 is 17.7 Å². The summed E-state index contributed by atoms with van der Waals surface area (Å²) in [5.74, 6) is -0.400. The molecule has 1 aromatic heterocycles. The van der Waals surface area contributed by atoms with Crippen LogP contribution < -0.4 is 15.4 Å². The lowest BCUT2D eigenvalue weighted by atomic mass is 9.93. The van der Waals surface area contributed by atoms with Crippen LogP contribution in [0, 0.1) is 6.92 Å². The van der Waals surface area contributed by atoms with Gasteiger partial charge in [0.05, 0.1) is 19.5 Å². The first-order valence-corrected chi connectivity index (χ1v) is 13.0. The van der Waals surface area contributed by atoms with Gasteiger partial charge < -0.3 is 24.8 Å². The van der Waals surface area contributed by atoms with E-state index in [1.54, 1.807) is 16.4 Å². The van der Waals surface area contributed by atoms with E-state index in [-0.39, 0.29) is 36.3 Å². The minimum absolute atomic E-state index is 0.0482. The summed E-state index contributed by atoms with van der Waals surface area (Å²) in [6, 6.07) is 15.4. The molecule has 0 fully saturated rings. The van der Waals surface area contributed by atoms with Crippen molar-refractivity contribution in [3.63, 3.8) is 0 Å². The minimum atomic E-state index is -1.13. The van der Waals surface area contributed by atoms with Crippen molar-refractivity contribution in [1.82, 2.24) is 25.1 Å². The fourth-order valence-corrected chi connectivity index (χ4v) is 4.71. The topological polar surface area (TPSA) is 106 Å². The van der Waals surface area contributed by atoms with Gasteiger partial charge in [-0.25, -0.2) is 4.98 Å². The number of hydrogen-bond acceptors (Lipinski definition) is 5. The molecule has 0 saturated carbocycles. The Hall–Kier alpha value is -4.14. The number of ether oxygens (including phenoxy) is 1. The van der Waals surface area contributed by atoms with E-state index in [2.05, 4.69) is 15.6 Å². The number of nitrogens with zero attached hydrogens (tertiary/aromatic N) is 3. The third-order valence-corrected chi connectivity index (χ3v) is 6.80. The molecule has 1 atom stereocenters. The summed E-state index contributed by atoms with van der Waals surface area (Å²) in [7, 11) is 0. The van der Waals surface area contributed by atoms with Gasteiger partial charge in [0.2, 0.25) is 5.91 Å².